The number of sulfonamides is 1. The van der Waals surface area contributed by atoms with E-state index in [0.717, 1.165) is 5.56 Å². The van der Waals surface area contributed by atoms with Gasteiger partial charge in [-0.1, -0.05) is 35.3 Å². The molecule has 1 saturated heterocycles. The number of hydrogen-bond acceptors (Lipinski definition) is 6. The molecule has 1 fully saturated rings. The Kier molecular flexibility index (Phi) is 8.12. The van der Waals surface area contributed by atoms with E-state index in [9.17, 15) is 18.5 Å². The molecule has 0 aliphatic carbocycles. The number of halogens is 2. The first-order chi connectivity index (χ1) is 15.3. The molecular formula is C21H20Cl2N4O4S. The summed E-state index contributed by atoms with van der Waals surface area (Å²) in [5.74, 6) is -0.594. The molecule has 1 aliphatic rings. The number of nitriles is 1. The molecule has 2 aromatic carbocycles. The molecule has 0 radical (unpaired) electrons. The van der Waals surface area contributed by atoms with Crippen molar-refractivity contribution in [1.29, 1.82) is 5.26 Å². The lowest BCUT2D eigenvalue weighted by molar-refractivity contribution is -0.117. The Labute approximate surface area is 196 Å². The van der Waals surface area contributed by atoms with E-state index < -0.39 is 15.9 Å². The third-order valence-corrected chi connectivity index (χ3v) is 7.13. The van der Waals surface area contributed by atoms with Gasteiger partial charge >= 0.3 is 0 Å². The Hall–Kier alpha value is -2.61. The van der Waals surface area contributed by atoms with Crippen molar-refractivity contribution in [3.8, 4) is 6.07 Å². The van der Waals surface area contributed by atoms with Crippen LogP contribution in [0.2, 0.25) is 10.0 Å². The predicted molar refractivity (Wildman–Crippen MR) is 122 cm³/mol. The van der Waals surface area contributed by atoms with Crippen molar-refractivity contribution >= 4 is 44.8 Å². The van der Waals surface area contributed by atoms with Gasteiger partial charge < -0.3 is 15.4 Å². The van der Waals surface area contributed by atoms with E-state index in [-0.39, 0.29) is 40.8 Å². The Morgan fingerprint density at radius 3 is 2.50 bits per heavy atom. The topological polar surface area (TPSA) is 112 Å². The highest BCUT2D eigenvalue weighted by atomic mass is 35.5. The lowest BCUT2D eigenvalue weighted by atomic mass is 10.2. The molecule has 1 aliphatic heterocycles. The summed E-state index contributed by atoms with van der Waals surface area (Å²) in [7, 11) is -3.72. The van der Waals surface area contributed by atoms with Gasteiger partial charge in [-0.2, -0.15) is 9.57 Å². The molecule has 0 saturated carbocycles. The van der Waals surface area contributed by atoms with E-state index in [1.165, 1.54) is 28.7 Å². The number of nitrogens with zero attached hydrogens (tertiary/aromatic N) is 2. The molecule has 2 N–H and O–H groups in total. The van der Waals surface area contributed by atoms with Crippen LogP contribution in [0.4, 0.5) is 5.69 Å². The second-order valence-corrected chi connectivity index (χ2v) is 9.56. The van der Waals surface area contributed by atoms with Gasteiger partial charge in [-0.05, 0) is 35.9 Å². The minimum Gasteiger partial charge on any atom is -0.379 e. The molecule has 1 heterocycles. The first-order valence-electron chi connectivity index (χ1n) is 9.58. The Morgan fingerprint density at radius 1 is 1.16 bits per heavy atom. The fourth-order valence-corrected chi connectivity index (χ4v) is 4.62. The summed E-state index contributed by atoms with van der Waals surface area (Å²) in [6.45, 7) is 1.40. The highest BCUT2D eigenvalue weighted by molar-refractivity contribution is 7.89. The van der Waals surface area contributed by atoms with Crippen LogP contribution in [0.15, 0.2) is 59.1 Å². The number of carbonyl (C=O) groups excluding carboxylic acids is 1. The van der Waals surface area contributed by atoms with Gasteiger partial charge in [0.2, 0.25) is 10.0 Å². The fraction of sp³-hybridized carbons (Fsp3) is 0.238. The molecular weight excluding hydrogens is 475 g/mol. The average molecular weight is 495 g/mol. The second kappa shape index (κ2) is 10.8. The van der Waals surface area contributed by atoms with Gasteiger partial charge in [0.1, 0.15) is 11.6 Å². The van der Waals surface area contributed by atoms with Crippen LogP contribution in [0, 0.1) is 11.3 Å². The van der Waals surface area contributed by atoms with Crippen LogP contribution in [0.25, 0.3) is 0 Å². The zero-order chi connectivity index (χ0) is 23.1. The first kappa shape index (κ1) is 24.0. The van der Waals surface area contributed by atoms with E-state index in [1.807, 2.05) is 6.07 Å². The van der Waals surface area contributed by atoms with E-state index in [2.05, 4.69) is 10.6 Å². The summed E-state index contributed by atoms with van der Waals surface area (Å²) in [6.07, 6.45) is 1.18. The number of nitrogens with one attached hydrogen (secondary N) is 2. The number of benzene rings is 2. The predicted octanol–water partition coefficient (Wildman–Crippen LogP) is 3.15. The summed E-state index contributed by atoms with van der Waals surface area (Å²) < 4.78 is 32.2. The molecule has 0 spiro atoms. The van der Waals surface area contributed by atoms with Crippen molar-refractivity contribution < 1.29 is 17.9 Å². The third kappa shape index (κ3) is 6.00. The summed E-state index contributed by atoms with van der Waals surface area (Å²) in [5, 5.41) is 15.6. The minimum absolute atomic E-state index is 0.0467. The molecule has 2 aromatic rings. The van der Waals surface area contributed by atoms with E-state index >= 15 is 0 Å². The van der Waals surface area contributed by atoms with E-state index in [0.29, 0.717) is 18.2 Å². The van der Waals surface area contributed by atoms with Crippen LogP contribution in [0.5, 0.6) is 0 Å². The number of rotatable bonds is 7. The fourth-order valence-electron chi connectivity index (χ4n) is 2.89. The highest BCUT2D eigenvalue weighted by Gasteiger charge is 2.26. The summed E-state index contributed by atoms with van der Waals surface area (Å²) in [4.78, 5) is 12.4. The van der Waals surface area contributed by atoms with Crippen molar-refractivity contribution in [2.45, 2.75) is 11.4 Å². The maximum Gasteiger partial charge on any atom is 0.263 e. The molecule has 168 valence electrons. The molecule has 8 nitrogen and oxygen atoms in total. The third-order valence-electron chi connectivity index (χ3n) is 4.65. The van der Waals surface area contributed by atoms with Crippen LogP contribution in [0.3, 0.4) is 0 Å². The Bertz CT molecular complexity index is 1160. The zero-order valence-corrected chi connectivity index (χ0v) is 19.2. The van der Waals surface area contributed by atoms with Crippen molar-refractivity contribution in [2.24, 2.45) is 0 Å². The van der Waals surface area contributed by atoms with Gasteiger partial charge in [0, 0.05) is 30.9 Å². The monoisotopic (exact) mass is 494 g/mol. The van der Waals surface area contributed by atoms with Crippen molar-refractivity contribution in [3.63, 3.8) is 0 Å². The molecule has 11 heteroatoms. The summed E-state index contributed by atoms with van der Waals surface area (Å²) in [6, 6.07) is 13.0. The number of ether oxygens (including phenoxy) is 1. The quantitative estimate of drug-likeness (QED) is 0.451. The first-order valence-corrected chi connectivity index (χ1v) is 11.8. The van der Waals surface area contributed by atoms with Gasteiger partial charge in [0.25, 0.3) is 5.91 Å². The van der Waals surface area contributed by atoms with Gasteiger partial charge in [0.15, 0.2) is 0 Å². The molecule has 0 bridgehead atoms. The Balaban J connectivity index is 1.72. The minimum atomic E-state index is -3.72. The van der Waals surface area contributed by atoms with Gasteiger partial charge in [-0.15, -0.1) is 0 Å². The van der Waals surface area contributed by atoms with E-state index in [4.69, 9.17) is 27.9 Å². The number of amides is 1. The van der Waals surface area contributed by atoms with Crippen LogP contribution in [-0.4, -0.2) is 44.9 Å². The number of carbonyl (C=O) groups is 1. The molecule has 32 heavy (non-hydrogen) atoms. The summed E-state index contributed by atoms with van der Waals surface area (Å²) in [5.41, 5.74) is 0.868. The van der Waals surface area contributed by atoms with Crippen LogP contribution in [0.1, 0.15) is 5.56 Å². The molecule has 0 aromatic heterocycles. The lowest BCUT2D eigenvalue weighted by Gasteiger charge is -2.26. The maximum atomic E-state index is 12.9. The Morgan fingerprint density at radius 2 is 1.84 bits per heavy atom. The zero-order valence-electron chi connectivity index (χ0n) is 16.8. The van der Waals surface area contributed by atoms with Gasteiger partial charge in [0.05, 0.1) is 28.8 Å². The van der Waals surface area contributed by atoms with Crippen molar-refractivity contribution in [1.82, 2.24) is 9.62 Å². The normalized spacial score (nSPS) is 15.1. The maximum absolute atomic E-state index is 12.9. The van der Waals surface area contributed by atoms with Crippen molar-refractivity contribution in [2.75, 3.05) is 31.6 Å². The largest absolute Gasteiger partial charge is 0.379 e. The standard InChI is InChI=1S/C21H20Cl2N4O4S/c22-17-3-1-15(2-4-17)13-26-21(28)16(12-24)14-25-20-11-18(5-6-19(20)23)32(29,30)27-7-9-31-10-8-27/h1-6,11,14,25H,7-10,13H2,(H,26,28)/b16-14-. The van der Waals surface area contributed by atoms with Crippen LogP contribution >= 0.6 is 23.2 Å². The smallest absolute Gasteiger partial charge is 0.263 e. The average Bonchev–Trinajstić information content (AvgIpc) is 2.80. The molecule has 0 atom stereocenters. The lowest BCUT2D eigenvalue weighted by Crippen LogP contribution is -2.40. The number of morpholine rings is 1. The van der Waals surface area contributed by atoms with E-state index in [1.54, 1.807) is 24.3 Å². The highest BCUT2D eigenvalue weighted by Crippen LogP contribution is 2.27. The number of anilines is 1. The molecule has 0 unspecified atom stereocenters. The molecule has 1 amide bonds. The molecule has 3 rings (SSSR count). The van der Waals surface area contributed by atoms with Gasteiger partial charge in [-0.25, -0.2) is 8.42 Å². The number of hydrogen-bond donors (Lipinski definition) is 2. The van der Waals surface area contributed by atoms with Crippen LogP contribution < -0.4 is 10.6 Å². The van der Waals surface area contributed by atoms with Crippen LogP contribution in [-0.2, 0) is 26.1 Å². The SMILES string of the molecule is N#C/C(=C/Nc1cc(S(=O)(=O)N2CCOCC2)ccc1Cl)C(=O)NCc1ccc(Cl)cc1. The van der Waals surface area contributed by atoms with Gasteiger partial charge in [-0.3, -0.25) is 4.79 Å². The van der Waals surface area contributed by atoms with Crippen molar-refractivity contribution in [3.05, 3.63) is 69.8 Å². The summed E-state index contributed by atoms with van der Waals surface area (Å²) >= 11 is 12.0. The second-order valence-electron chi connectivity index (χ2n) is 6.78.